The highest BCUT2D eigenvalue weighted by Crippen LogP contribution is 2.46. The minimum Gasteiger partial charge on any atom is -0.372 e. The van der Waals surface area contributed by atoms with Crippen molar-refractivity contribution >= 4 is 11.5 Å². The third-order valence-corrected chi connectivity index (χ3v) is 5.72. The lowest BCUT2D eigenvalue weighted by molar-refractivity contribution is -0.118. The maximum absolute atomic E-state index is 13.0. The van der Waals surface area contributed by atoms with E-state index in [1.807, 2.05) is 6.92 Å². The van der Waals surface area contributed by atoms with Crippen molar-refractivity contribution in [3.05, 3.63) is 52.4 Å². The number of carbonyl (C=O) groups excluding carboxylic acids is 1. The van der Waals surface area contributed by atoms with Gasteiger partial charge in [0.1, 0.15) is 0 Å². The molecule has 1 N–H and O–H groups in total. The SMILES string of the molecule is CCN(CC)c1ccc(C2C(C#N)=C(C)NC3=C2C(=O)CC(C)(C)C3)cc1. The number of benzene rings is 1. The molecule has 1 heterocycles. The molecule has 27 heavy (non-hydrogen) atoms. The molecule has 0 radical (unpaired) electrons. The molecule has 1 aromatic carbocycles. The first-order valence-electron chi connectivity index (χ1n) is 9.80. The van der Waals surface area contributed by atoms with Gasteiger partial charge < -0.3 is 10.2 Å². The van der Waals surface area contributed by atoms with Gasteiger partial charge in [-0.15, -0.1) is 0 Å². The molecule has 4 heteroatoms. The predicted molar refractivity (Wildman–Crippen MR) is 109 cm³/mol. The number of allylic oxidation sites excluding steroid dienone is 4. The van der Waals surface area contributed by atoms with Gasteiger partial charge in [-0.3, -0.25) is 4.79 Å². The van der Waals surface area contributed by atoms with Crippen molar-refractivity contribution in [3.8, 4) is 6.07 Å². The Morgan fingerprint density at radius 1 is 1.19 bits per heavy atom. The van der Waals surface area contributed by atoms with Crippen molar-refractivity contribution in [1.29, 1.82) is 5.26 Å². The molecule has 1 unspecified atom stereocenters. The van der Waals surface area contributed by atoms with Crippen LogP contribution in [0.4, 0.5) is 5.69 Å². The third-order valence-electron chi connectivity index (χ3n) is 5.72. The van der Waals surface area contributed by atoms with Crippen LogP contribution in [0.3, 0.4) is 0 Å². The van der Waals surface area contributed by atoms with Gasteiger partial charge in [0.25, 0.3) is 0 Å². The first-order valence-corrected chi connectivity index (χ1v) is 9.80. The predicted octanol–water partition coefficient (Wildman–Crippen LogP) is 4.66. The summed E-state index contributed by atoms with van der Waals surface area (Å²) in [7, 11) is 0. The van der Waals surface area contributed by atoms with Gasteiger partial charge in [-0.05, 0) is 50.3 Å². The van der Waals surface area contributed by atoms with Crippen LogP contribution in [0, 0.1) is 16.7 Å². The number of carbonyl (C=O) groups is 1. The van der Waals surface area contributed by atoms with E-state index in [1.54, 1.807) is 0 Å². The van der Waals surface area contributed by atoms with Gasteiger partial charge in [-0.2, -0.15) is 5.26 Å². The number of nitrogens with zero attached hydrogens (tertiary/aromatic N) is 2. The lowest BCUT2D eigenvalue weighted by Gasteiger charge is -2.38. The molecule has 0 bridgehead atoms. The van der Waals surface area contributed by atoms with E-state index in [1.165, 1.54) is 5.69 Å². The molecule has 4 nitrogen and oxygen atoms in total. The number of anilines is 1. The van der Waals surface area contributed by atoms with Crippen LogP contribution < -0.4 is 10.2 Å². The van der Waals surface area contributed by atoms with Gasteiger partial charge in [0.05, 0.1) is 17.6 Å². The average Bonchev–Trinajstić information content (AvgIpc) is 2.61. The van der Waals surface area contributed by atoms with Crippen molar-refractivity contribution in [2.75, 3.05) is 18.0 Å². The summed E-state index contributed by atoms with van der Waals surface area (Å²) in [6.45, 7) is 12.4. The summed E-state index contributed by atoms with van der Waals surface area (Å²) in [5.41, 5.74) is 5.42. The second kappa shape index (κ2) is 7.23. The van der Waals surface area contributed by atoms with Gasteiger partial charge in [0.15, 0.2) is 5.78 Å². The minimum absolute atomic E-state index is 0.0511. The third kappa shape index (κ3) is 3.51. The Bertz CT molecular complexity index is 849. The highest BCUT2D eigenvalue weighted by atomic mass is 16.1. The smallest absolute Gasteiger partial charge is 0.162 e. The molecule has 0 fully saturated rings. The van der Waals surface area contributed by atoms with Gasteiger partial charge in [-0.25, -0.2) is 0 Å². The average molecular weight is 364 g/mol. The van der Waals surface area contributed by atoms with E-state index < -0.39 is 0 Å². The number of hydrogen-bond acceptors (Lipinski definition) is 4. The summed E-state index contributed by atoms with van der Waals surface area (Å²) >= 11 is 0. The number of rotatable bonds is 4. The lowest BCUT2D eigenvalue weighted by atomic mass is 9.69. The maximum Gasteiger partial charge on any atom is 0.162 e. The van der Waals surface area contributed by atoms with E-state index >= 15 is 0 Å². The quantitative estimate of drug-likeness (QED) is 0.845. The Hall–Kier alpha value is -2.54. The van der Waals surface area contributed by atoms with Crippen LogP contribution in [0.25, 0.3) is 0 Å². The van der Waals surface area contributed by atoms with E-state index in [4.69, 9.17) is 0 Å². The van der Waals surface area contributed by atoms with Crippen LogP contribution in [0.1, 0.15) is 58.9 Å². The summed E-state index contributed by atoms with van der Waals surface area (Å²) < 4.78 is 0. The second-order valence-corrected chi connectivity index (χ2v) is 8.31. The van der Waals surface area contributed by atoms with Crippen LogP contribution in [-0.4, -0.2) is 18.9 Å². The molecule has 1 aliphatic carbocycles. The molecule has 0 amide bonds. The summed E-state index contributed by atoms with van der Waals surface area (Å²) in [5, 5.41) is 13.2. The summed E-state index contributed by atoms with van der Waals surface area (Å²) in [6.07, 6.45) is 1.36. The van der Waals surface area contributed by atoms with Crippen molar-refractivity contribution in [2.45, 2.75) is 53.4 Å². The normalized spacial score (nSPS) is 21.5. The first kappa shape index (κ1) is 19.2. The maximum atomic E-state index is 13.0. The number of hydrogen-bond donors (Lipinski definition) is 1. The van der Waals surface area contributed by atoms with Gasteiger partial charge in [-0.1, -0.05) is 26.0 Å². The number of dihydropyridines is 1. The van der Waals surface area contributed by atoms with Crippen molar-refractivity contribution in [3.63, 3.8) is 0 Å². The number of nitrogens with one attached hydrogen (secondary N) is 1. The van der Waals surface area contributed by atoms with Crippen molar-refractivity contribution < 1.29 is 4.79 Å². The number of Topliss-reactive ketones (excluding diaryl/α,β-unsaturated/α-hetero) is 1. The van der Waals surface area contributed by atoms with Gasteiger partial charge >= 0.3 is 0 Å². The highest BCUT2D eigenvalue weighted by Gasteiger charge is 2.41. The molecule has 0 aromatic heterocycles. The van der Waals surface area contributed by atoms with E-state index in [-0.39, 0.29) is 17.1 Å². The molecular weight excluding hydrogens is 334 g/mol. The second-order valence-electron chi connectivity index (χ2n) is 8.31. The summed E-state index contributed by atoms with van der Waals surface area (Å²) in [6, 6.07) is 10.7. The fourth-order valence-corrected chi connectivity index (χ4v) is 4.38. The zero-order valence-corrected chi connectivity index (χ0v) is 17.0. The van der Waals surface area contributed by atoms with E-state index in [9.17, 15) is 10.1 Å². The lowest BCUT2D eigenvalue weighted by Crippen LogP contribution is -2.36. The van der Waals surface area contributed by atoms with E-state index in [0.717, 1.165) is 42.0 Å². The molecule has 1 atom stereocenters. The fraction of sp³-hybridized carbons (Fsp3) is 0.478. The molecule has 1 aliphatic heterocycles. The molecule has 1 aromatic rings. The zero-order chi connectivity index (χ0) is 19.8. The molecule has 142 valence electrons. The van der Waals surface area contributed by atoms with Crippen molar-refractivity contribution in [2.24, 2.45) is 5.41 Å². The molecular formula is C23H29N3O. The van der Waals surface area contributed by atoms with Crippen LogP contribution in [0.5, 0.6) is 0 Å². The van der Waals surface area contributed by atoms with Crippen LogP contribution in [-0.2, 0) is 4.79 Å². The Morgan fingerprint density at radius 2 is 1.81 bits per heavy atom. The summed E-state index contributed by atoms with van der Waals surface area (Å²) in [5.74, 6) is -0.104. The van der Waals surface area contributed by atoms with E-state index in [2.05, 4.69) is 68.2 Å². The highest BCUT2D eigenvalue weighted by molar-refractivity contribution is 6.00. The zero-order valence-electron chi connectivity index (χ0n) is 17.0. The number of ketones is 1. The monoisotopic (exact) mass is 363 g/mol. The van der Waals surface area contributed by atoms with Crippen molar-refractivity contribution in [1.82, 2.24) is 5.32 Å². The minimum atomic E-state index is -0.263. The Labute approximate surface area is 162 Å². The largest absolute Gasteiger partial charge is 0.372 e. The van der Waals surface area contributed by atoms with Crippen LogP contribution >= 0.6 is 0 Å². The molecule has 3 rings (SSSR count). The Kier molecular flexibility index (Phi) is 5.15. The molecule has 2 aliphatic rings. The molecule has 0 spiro atoms. The Morgan fingerprint density at radius 3 is 2.37 bits per heavy atom. The standard InChI is InChI=1S/C23H29N3O/c1-6-26(7-2)17-10-8-16(9-11-17)21-18(14-24)15(3)25-19-12-23(4,5)13-20(27)22(19)21/h8-11,21,25H,6-7,12-13H2,1-5H3. The van der Waals surface area contributed by atoms with Crippen LogP contribution in [0.15, 0.2) is 46.8 Å². The van der Waals surface area contributed by atoms with E-state index in [0.29, 0.717) is 12.0 Å². The number of nitriles is 1. The Balaban J connectivity index is 2.07. The molecule has 0 saturated heterocycles. The first-order chi connectivity index (χ1) is 12.8. The van der Waals surface area contributed by atoms with Gasteiger partial charge in [0.2, 0.25) is 0 Å². The molecule has 0 saturated carbocycles. The topological polar surface area (TPSA) is 56.1 Å². The van der Waals surface area contributed by atoms with Crippen LogP contribution in [0.2, 0.25) is 0 Å². The fourth-order valence-electron chi connectivity index (χ4n) is 4.38. The van der Waals surface area contributed by atoms with Gasteiger partial charge in [0, 0.05) is 42.2 Å². The summed E-state index contributed by atoms with van der Waals surface area (Å²) in [4.78, 5) is 15.3.